The molecule has 1 aromatic rings. The predicted octanol–water partition coefficient (Wildman–Crippen LogP) is 2.21. The summed E-state index contributed by atoms with van der Waals surface area (Å²) in [5, 5.41) is 0. The summed E-state index contributed by atoms with van der Waals surface area (Å²) >= 11 is 12.6. The fourth-order valence-electron chi connectivity index (χ4n) is 1.74. The summed E-state index contributed by atoms with van der Waals surface area (Å²) in [6, 6.07) is 0.501. The minimum Gasteiger partial charge on any atom is -0.292 e. The molecule has 0 radical (unpaired) electrons. The number of carbonyl (C=O) groups is 4. The zero-order valence-corrected chi connectivity index (χ0v) is 12.8. The fraction of sp³-hybridized carbons (Fsp3) is 0.167. The van der Waals surface area contributed by atoms with E-state index in [1.807, 2.05) is 0 Å². The Bertz CT molecular complexity index is 670. The van der Waals surface area contributed by atoms with Crippen molar-refractivity contribution in [2.45, 2.75) is 0 Å². The van der Waals surface area contributed by atoms with Crippen molar-refractivity contribution in [3.63, 3.8) is 0 Å². The summed E-state index contributed by atoms with van der Waals surface area (Å²) in [6.45, 7) is 2.73. The molecule has 1 saturated heterocycles. The third kappa shape index (κ3) is 2.85. The minimum atomic E-state index is -1.05. The Morgan fingerprint density at radius 1 is 1.24 bits per heavy atom. The van der Waals surface area contributed by atoms with Gasteiger partial charge in [-0.2, -0.15) is 0 Å². The van der Waals surface area contributed by atoms with Gasteiger partial charge in [-0.3, -0.25) is 19.3 Å². The van der Waals surface area contributed by atoms with E-state index in [9.17, 15) is 19.2 Å². The summed E-state index contributed by atoms with van der Waals surface area (Å²) in [4.78, 5) is 48.6. The van der Waals surface area contributed by atoms with Crippen molar-refractivity contribution < 1.29 is 19.2 Å². The number of Topliss-reactive ketones (excluding diaryl/α,β-unsaturated/α-hetero) is 1. The van der Waals surface area contributed by atoms with Gasteiger partial charge in [-0.05, 0) is 6.07 Å². The number of hydrogen-bond acceptors (Lipinski definition) is 5. The van der Waals surface area contributed by atoms with Crippen molar-refractivity contribution in [1.82, 2.24) is 9.80 Å². The van der Waals surface area contributed by atoms with Crippen LogP contribution in [0, 0.1) is 0 Å². The van der Waals surface area contributed by atoms with Gasteiger partial charge in [0.2, 0.25) is 0 Å². The number of carbonyl (C=O) groups excluding carboxylic acids is 4. The van der Waals surface area contributed by atoms with Crippen molar-refractivity contribution in [2.75, 3.05) is 13.1 Å². The highest BCUT2D eigenvalue weighted by Crippen LogP contribution is 2.31. The van der Waals surface area contributed by atoms with Crippen LogP contribution in [0.2, 0.25) is 8.67 Å². The number of thiophene rings is 1. The summed E-state index contributed by atoms with van der Waals surface area (Å²) in [5.41, 5.74) is 0.113. The van der Waals surface area contributed by atoms with Gasteiger partial charge in [0.15, 0.2) is 5.78 Å². The molecule has 2 heterocycles. The Hall–Kier alpha value is -1.70. The Morgan fingerprint density at radius 3 is 2.38 bits per heavy atom. The molecule has 9 heteroatoms. The summed E-state index contributed by atoms with van der Waals surface area (Å²) in [7, 11) is 0. The molecule has 0 unspecified atom stereocenters. The highest BCUT2D eigenvalue weighted by molar-refractivity contribution is 7.20. The molecular weight excluding hydrogens is 339 g/mol. The number of imide groups is 2. The number of hydrogen-bond donors (Lipinski definition) is 0. The molecule has 1 aromatic heterocycles. The van der Waals surface area contributed by atoms with Crippen LogP contribution in [0.1, 0.15) is 10.4 Å². The summed E-state index contributed by atoms with van der Waals surface area (Å²) < 4.78 is 0.477. The van der Waals surface area contributed by atoms with Gasteiger partial charge in [0.05, 0.1) is 16.4 Å². The molecule has 1 aliphatic heterocycles. The molecule has 0 atom stereocenters. The molecule has 6 nitrogen and oxygen atoms in total. The Morgan fingerprint density at radius 2 is 1.86 bits per heavy atom. The van der Waals surface area contributed by atoms with Gasteiger partial charge >= 0.3 is 17.8 Å². The SMILES string of the molecule is C=CCN1C(=O)C(=O)N(CC(=O)c2cc(Cl)sc2Cl)C1=O. The van der Waals surface area contributed by atoms with Crippen LogP contribution in [0.15, 0.2) is 18.7 Å². The van der Waals surface area contributed by atoms with Gasteiger partial charge in [-0.15, -0.1) is 17.9 Å². The first kappa shape index (κ1) is 15.7. The van der Waals surface area contributed by atoms with Crippen LogP contribution in [-0.2, 0) is 9.59 Å². The zero-order valence-electron chi connectivity index (χ0n) is 10.5. The first-order valence-electron chi connectivity index (χ1n) is 5.63. The second-order valence-electron chi connectivity index (χ2n) is 4.04. The van der Waals surface area contributed by atoms with Gasteiger partial charge in [-0.25, -0.2) is 9.69 Å². The van der Waals surface area contributed by atoms with Crippen molar-refractivity contribution in [1.29, 1.82) is 0 Å². The molecule has 2 rings (SSSR count). The lowest BCUT2D eigenvalue weighted by Crippen LogP contribution is -2.37. The van der Waals surface area contributed by atoms with E-state index in [0.29, 0.717) is 14.1 Å². The van der Waals surface area contributed by atoms with Crippen LogP contribution in [-0.4, -0.2) is 46.5 Å². The first-order chi connectivity index (χ1) is 9.86. The van der Waals surface area contributed by atoms with Crippen molar-refractivity contribution in [2.24, 2.45) is 0 Å². The quantitative estimate of drug-likeness (QED) is 0.354. The summed E-state index contributed by atoms with van der Waals surface area (Å²) in [6.07, 6.45) is 1.31. The van der Waals surface area contributed by atoms with Crippen molar-refractivity contribution in [3.8, 4) is 0 Å². The third-order valence-electron chi connectivity index (χ3n) is 2.71. The lowest BCUT2D eigenvalue weighted by Gasteiger charge is -2.13. The van der Waals surface area contributed by atoms with Crippen LogP contribution in [0.5, 0.6) is 0 Å². The van der Waals surface area contributed by atoms with E-state index in [0.717, 1.165) is 11.3 Å². The third-order valence-corrected chi connectivity index (χ3v) is 4.19. The standard InChI is InChI=1S/C12H8Cl2N2O4S/c1-2-3-15-10(18)11(19)16(12(15)20)5-7(17)6-4-8(13)21-9(6)14/h2,4H,1,3,5H2. The molecule has 110 valence electrons. The van der Waals surface area contributed by atoms with Gasteiger partial charge in [0, 0.05) is 6.54 Å². The van der Waals surface area contributed by atoms with E-state index in [-0.39, 0.29) is 16.4 Å². The predicted molar refractivity (Wildman–Crippen MR) is 77.7 cm³/mol. The molecule has 0 bridgehead atoms. The summed E-state index contributed by atoms with van der Waals surface area (Å²) in [5.74, 6) is -2.60. The normalized spacial score (nSPS) is 15.0. The lowest BCUT2D eigenvalue weighted by atomic mass is 10.2. The molecule has 1 aliphatic rings. The molecule has 0 aromatic carbocycles. The monoisotopic (exact) mass is 346 g/mol. The highest BCUT2D eigenvalue weighted by Gasteiger charge is 2.44. The van der Waals surface area contributed by atoms with Crippen molar-refractivity contribution >= 4 is 58.2 Å². The molecule has 0 aliphatic carbocycles. The maximum absolute atomic E-state index is 12.1. The van der Waals surface area contributed by atoms with Crippen LogP contribution >= 0.6 is 34.5 Å². The Labute approximate surface area is 133 Å². The topological polar surface area (TPSA) is 74.8 Å². The lowest BCUT2D eigenvalue weighted by molar-refractivity contribution is -0.142. The highest BCUT2D eigenvalue weighted by atomic mass is 35.5. The minimum absolute atomic E-state index is 0.0981. The average Bonchev–Trinajstić information content (AvgIpc) is 2.86. The average molecular weight is 347 g/mol. The maximum atomic E-state index is 12.1. The van der Waals surface area contributed by atoms with Crippen LogP contribution < -0.4 is 0 Å². The number of rotatable bonds is 5. The molecule has 21 heavy (non-hydrogen) atoms. The van der Waals surface area contributed by atoms with E-state index < -0.39 is 30.2 Å². The Balaban J connectivity index is 2.19. The van der Waals surface area contributed by atoms with E-state index >= 15 is 0 Å². The number of halogens is 2. The van der Waals surface area contributed by atoms with Crippen LogP contribution in [0.3, 0.4) is 0 Å². The van der Waals surface area contributed by atoms with E-state index in [1.54, 1.807) is 0 Å². The van der Waals surface area contributed by atoms with Gasteiger partial charge in [-0.1, -0.05) is 29.3 Å². The molecular formula is C12H8Cl2N2O4S. The number of amides is 4. The van der Waals surface area contributed by atoms with Gasteiger partial charge in [0.1, 0.15) is 4.34 Å². The van der Waals surface area contributed by atoms with Gasteiger partial charge in [0.25, 0.3) is 0 Å². The van der Waals surface area contributed by atoms with E-state index in [4.69, 9.17) is 23.2 Å². The maximum Gasteiger partial charge on any atom is 0.334 e. The second kappa shape index (κ2) is 5.97. The molecule has 0 spiro atoms. The number of urea groups is 1. The number of nitrogens with zero attached hydrogens (tertiary/aromatic N) is 2. The molecule has 1 fully saturated rings. The second-order valence-corrected chi connectivity index (χ2v) is 6.32. The van der Waals surface area contributed by atoms with E-state index in [2.05, 4.69) is 6.58 Å². The fourth-order valence-corrected chi connectivity index (χ4v) is 3.24. The van der Waals surface area contributed by atoms with Crippen LogP contribution in [0.25, 0.3) is 0 Å². The smallest absolute Gasteiger partial charge is 0.292 e. The van der Waals surface area contributed by atoms with Gasteiger partial charge < -0.3 is 0 Å². The number of ketones is 1. The molecule has 0 N–H and O–H groups in total. The van der Waals surface area contributed by atoms with Crippen LogP contribution in [0.4, 0.5) is 4.79 Å². The largest absolute Gasteiger partial charge is 0.334 e. The molecule has 4 amide bonds. The van der Waals surface area contributed by atoms with Crippen molar-refractivity contribution in [3.05, 3.63) is 33.0 Å². The first-order valence-corrected chi connectivity index (χ1v) is 7.20. The van der Waals surface area contributed by atoms with E-state index in [1.165, 1.54) is 12.1 Å². The Kier molecular flexibility index (Phi) is 4.46. The zero-order chi connectivity index (χ0) is 15.7. The molecule has 0 saturated carbocycles.